The molecule has 2 aliphatic carbocycles. The molecule has 2 heteroatoms. The molecule has 4 atom stereocenters. The molecule has 2 bridgehead atoms. The molecule has 1 saturated heterocycles. The van der Waals surface area contributed by atoms with Crippen LogP contribution in [-0.4, -0.2) is 13.2 Å². The van der Waals surface area contributed by atoms with E-state index in [0.29, 0.717) is 0 Å². The van der Waals surface area contributed by atoms with Crippen molar-refractivity contribution in [2.45, 2.75) is 6.42 Å². The third-order valence-corrected chi connectivity index (χ3v) is 3.40. The van der Waals surface area contributed by atoms with Crippen LogP contribution in [0.2, 0.25) is 0 Å². The third kappa shape index (κ3) is 0.741. The molecule has 0 radical (unpaired) electrons. The van der Waals surface area contributed by atoms with Gasteiger partial charge in [-0.25, -0.2) is 9.78 Å². The zero-order chi connectivity index (χ0) is 7.26. The molecular formula is C9H12O2. The maximum atomic E-state index is 5.00. The highest BCUT2D eigenvalue weighted by Crippen LogP contribution is 2.49. The van der Waals surface area contributed by atoms with Crippen molar-refractivity contribution in [3.63, 3.8) is 0 Å². The Morgan fingerprint density at radius 3 is 2.00 bits per heavy atom. The van der Waals surface area contributed by atoms with E-state index >= 15 is 0 Å². The minimum absolute atomic E-state index is 0.763. The molecule has 0 amide bonds. The van der Waals surface area contributed by atoms with Gasteiger partial charge in [0.2, 0.25) is 0 Å². The van der Waals surface area contributed by atoms with E-state index in [1.807, 2.05) is 0 Å². The summed E-state index contributed by atoms with van der Waals surface area (Å²) >= 11 is 0. The van der Waals surface area contributed by atoms with Crippen LogP contribution < -0.4 is 0 Å². The van der Waals surface area contributed by atoms with Crippen molar-refractivity contribution in [2.75, 3.05) is 13.2 Å². The van der Waals surface area contributed by atoms with Gasteiger partial charge in [0.25, 0.3) is 0 Å². The second-order valence-corrected chi connectivity index (χ2v) is 3.85. The highest BCUT2D eigenvalue weighted by atomic mass is 17.2. The summed E-state index contributed by atoms with van der Waals surface area (Å²) in [5.74, 6) is 3.13. The molecule has 0 aromatic heterocycles. The summed E-state index contributed by atoms with van der Waals surface area (Å²) in [4.78, 5) is 10.0. The molecule has 1 heterocycles. The molecule has 1 unspecified atom stereocenters. The molecule has 3 rings (SSSR count). The molecule has 0 aromatic carbocycles. The van der Waals surface area contributed by atoms with Gasteiger partial charge in [0, 0.05) is 0 Å². The minimum atomic E-state index is 0.763. The average molecular weight is 152 g/mol. The first-order valence-electron chi connectivity index (χ1n) is 4.38. The van der Waals surface area contributed by atoms with Gasteiger partial charge in [0.05, 0.1) is 13.2 Å². The van der Waals surface area contributed by atoms with Gasteiger partial charge < -0.3 is 0 Å². The van der Waals surface area contributed by atoms with E-state index in [9.17, 15) is 0 Å². The Bertz CT molecular complexity index is 180. The molecule has 1 saturated carbocycles. The number of hydrogen-bond acceptors (Lipinski definition) is 2. The Kier molecular flexibility index (Phi) is 1.17. The fraction of sp³-hybridized carbons (Fsp3) is 0.778. The predicted molar refractivity (Wildman–Crippen MR) is 39.6 cm³/mol. The number of allylic oxidation sites excluding steroid dienone is 2. The topological polar surface area (TPSA) is 18.5 Å². The summed E-state index contributed by atoms with van der Waals surface area (Å²) in [7, 11) is 0. The van der Waals surface area contributed by atoms with Crippen molar-refractivity contribution in [1.29, 1.82) is 0 Å². The van der Waals surface area contributed by atoms with E-state index < -0.39 is 0 Å². The Labute approximate surface area is 66.1 Å². The standard InChI is InChI=1S/C9H12O2/c1-2-7-3-6(1)8-4-10-11-5-9(7)8/h1-2,6-9H,3-5H2/t6-,7+,8+,9?/m0/s1. The molecule has 1 aliphatic heterocycles. The molecule has 3 aliphatic rings. The zero-order valence-corrected chi connectivity index (χ0v) is 6.40. The first-order chi connectivity index (χ1) is 5.45. The Hall–Kier alpha value is -0.340. The summed E-state index contributed by atoms with van der Waals surface area (Å²) in [6.07, 6.45) is 6.07. The van der Waals surface area contributed by atoms with E-state index in [1.54, 1.807) is 0 Å². The second-order valence-electron chi connectivity index (χ2n) is 3.85. The summed E-state index contributed by atoms with van der Waals surface area (Å²) in [5, 5.41) is 0. The van der Waals surface area contributed by atoms with Gasteiger partial charge in [-0.05, 0) is 30.1 Å². The average Bonchev–Trinajstić information content (AvgIpc) is 2.64. The van der Waals surface area contributed by atoms with E-state index in [4.69, 9.17) is 9.78 Å². The van der Waals surface area contributed by atoms with Crippen LogP contribution in [0, 0.1) is 23.7 Å². The fourth-order valence-corrected chi connectivity index (χ4v) is 2.77. The lowest BCUT2D eigenvalue weighted by Gasteiger charge is -2.30. The van der Waals surface area contributed by atoms with Crippen molar-refractivity contribution >= 4 is 0 Å². The van der Waals surface area contributed by atoms with Crippen LogP contribution in [-0.2, 0) is 9.78 Å². The molecule has 11 heavy (non-hydrogen) atoms. The first kappa shape index (κ1) is 6.21. The molecule has 0 spiro atoms. The van der Waals surface area contributed by atoms with Crippen molar-refractivity contribution in [3.8, 4) is 0 Å². The van der Waals surface area contributed by atoms with Gasteiger partial charge in [-0.1, -0.05) is 12.2 Å². The zero-order valence-electron chi connectivity index (χ0n) is 6.40. The Morgan fingerprint density at radius 2 is 1.45 bits per heavy atom. The van der Waals surface area contributed by atoms with Crippen LogP contribution in [0.1, 0.15) is 6.42 Å². The molecule has 2 nitrogen and oxygen atoms in total. The van der Waals surface area contributed by atoms with Crippen molar-refractivity contribution in [3.05, 3.63) is 12.2 Å². The largest absolute Gasteiger partial charge is 0.236 e. The fourth-order valence-electron chi connectivity index (χ4n) is 2.77. The number of rotatable bonds is 0. The monoisotopic (exact) mass is 152 g/mol. The molecule has 2 fully saturated rings. The van der Waals surface area contributed by atoms with Gasteiger partial charge in [0.1, 0.15) is 0 Å². The van der Waals surface area contributed by atoms with Crippen LogP contribution >= 0.6 is 0 Å². The van der Waals surface area contributed by atoms with Gasteiger partial charge in [-0.2, -0.15) is 0 Å². The maximum Gasteiger partial charge on any atom is 0.0859 e. The van der Waals surface area contributed by atoms with Crippen molar-refractivity contribution < 1.29 is 9.78 Å². The van der Waals surface area contributed by atoms with E-state index in [2.05, 4.69) is 12.2 Å². The minimum Gasteiger partial charge on any atom is -0.236 e. The Balaban J connectivity index is 1.90. The van der Waals surface area contributed by atoms with Crippen LogP contribution in [0.15, 0.2) is 12.2 Å². The molecule has 0 aromatic rings. The molecule has 60 valence electrons. The number of hydrogen-bond donors (Lipinski definition) is 0. The van der Waals surface area contributed by atoms with Crippen LogP contribution in [0.4, 0.5) is 0 Å². The third-order valence-electron chi connectivity index (χ3n) is 3.40. The van der Waals surface area contributed by atoms with Crippen molar-refractivity contribution in [1.82, 2.24) is 0 Å². The SMILES string of the molecule is C1=C[C@H]2C[C@@H]1C1COOC[C@@H]12. The highest BCUT2D eigenvalue weighted by molar-refractivity contribution is 5.13. The van der Waals surface area contributed by atoms with E-state index in [-0.39, 0.29) is 0 Å². The predicted octanol–water partition coefficient (Wildman–Crippen LogP) is 1.39. The van der Waals surface area contributed by atoms with E-state index in [0.717, 1.165) is 36.9 Å². The Morgan fingerprint density at radius 1 is 0.909 bits per heavy atom. The van der Waals surface area contributed by atoms with Gasteiger partial charge in [-0.3, -0.25) is 0 Å². The lowest BCUT2D eigenvalue weighted by atomic mass is 9.84. The lowest BCUT2D eigenvalue weighted by molar-refractivity contribution is -0.338. The second kappa shape index (κ2) is 2.08. The molecule has 0 N–H and O–H groups in total. The van der Waals surface area contributed by atoms with Crippen LogP contribution in [0.3, 0.4) is 0 Å². The summed E-state index contributed by atoms with van der Waals surface area (Å²) in [5.41, 5.74) is 0. The van der Waals surface area contributed by atoms with Crippen molar-refractivity contribution in [2.24, 2.45) is 23.7 Å². The molecular weight excluding hydrogens is 140 g/mol. The first-order valence-corrected chi connectivity index (χ1v) is 4.38. The smallest absolute Gasteiger partial charge is 0.0859 e. The van der Waals surface area contributed by atoms with Gasteiger partial charge in [-0.15, -0.1) is 0 Å². The van der Waals surface area contributed by atoms with E-state index in [1.165, 1.54) is 6.42 Å². The number of fused-ring (bicyclic) bond motifs is 5. The highest BCUT2D eigenvalue weighted by Gasteiger charge is 2.46. The van der Waals surface area contributed by atoms with Crippen LogP contribution in [0.25, 0.3) is 0 Å². The maximum absolute atomic E-state index is 5.00. The quantitative estimate of drug-likeness (QED) is 0.385. The summed E-state index contributed by atoms with van der Waals surface area (Å²) in [6, 6.07) is 0. The van der Waals surface area contributed by atoms with Gasteiger partial charge >= 0.3 is 0 Å². The van der Waals surface area contributed by atoms with Gasteiger partial charge in [0.15, 0.2) is 0 Å². The summed E-state index contributed by atoms with van der Waals surface area (Å²) in [6.45, 7) is 1.63. The lowest BCUT2D eigenvalue weighted by Crippen LogP contribution is -2.32. The summed E-state index contributed by atoms with van der Waals surface area (Å²) < 4.78 is 0. The normalized spacial score (nSPS) is 53.1. The van der Waals surface area contributed by atoms with Crippen LogP contribution in [0.5, 0.6) is 0 Å².